The van der Waals surface area contributed by atoms with Crippen LogP contribution in [0.4, 0.5) is 0 Å². The largest absolute Gasteiger partial charge is 0.472 e. The van der Waals surface area contributed by atoms with Gasteiger partial charge in [0.25, 0.3) is 5.91 Å². The highest BCUT2D eigenvalue weighted by Gasteiger charge is 2.25. The van der Waals surface area contributed by atoms with E-state index in [1.165, 1.54) is 18.7 Å². The second kappa shape index (κ2) is 7.67. The van der Waals surface area contributed by atoms with Crippen molar-refractivity contribution in [1.82, 2.24) is 19.6 Å². The van der Waals surface area contributed by atoms with Gasteiger partial charge in [0.05, 0.1) is 30.1 Å². The van der Waals surface area contributed by atoms with E-state index in [1.807, 2.05) is 18.2 Å². The predicted octanol–water partition coefficient (Wildman–Crippen LogP) is 1.36. The molecule has 0 radical (unpaired) electrons. The fourth-order valence-corrected chi connectivity index (χ4v) is 3.43. The van der Waals surface area contributed by atoms with E-state index in [9.17, 15) is 14.4 Å². The number of carbonyl (C=O) groups is 2. The second-order valence-electron chi connectivity index (χ2n) is 6.68. The molecule has 144 valence electrons. The van der Waals surface area contributed by atoms with Gasteiger partial charge in [-0.3, -0.25) is 19.1 Å². The van der Waals surface area contributed by atoms with Crippen LogP contribution in [0.5, 0.6) is 0 Å². The molecule has 4 rings (SSSR count). The molecule has 8 nitrogen and oxygen atoms in total. The zero-order chi connectivity index (χ0) is 19.5. The molecule has 3 heterocycles. The highest BCUT2D eigenvalue weighted by atomic mass is 16.3. The summed E-state index contributed by atoms with van der Waals surface area (Å²) in [6.45, 7) is 2.39. The smallest absolute Gasteiger partial charge is 0.257 e. The summed E-state index contributed by atoms with van der Waals surface area (Å²) in [6, 6.07) is 8.88. The van der Waals surface area contributed by atoms with Crippen molar-refractivity contribution in [2.75, 3.05) is 26.2 Å². The van der Waals surface area contributed by atoms with Gasteiger partial charge in [-0.25, -0.2) is 0 Å². The maximum absolute atomic E-state index is 12.6. The van der Waals surface area contributed by atoms with Gasteiger partial charge in [0.1, 0.15) is 6.26 Å². The number of rotatable bonds is 4. The van der Waals surface area contributed by atoms with E-state index in [1.54, 1.807) is 26.6 Å². The molecule has 2 amide bonds. The van der Waals surface area contributed by atoms with Crippen molar-refractivity contribution in [2.24, 2.45) is 0 Å². The number of benzene rings is 1. The SMILES string of the molecule is O=C(CCn1ncc(=O)c2ccccc21)N1CCN(C(=O)c2ccoc2)CC1. The number of piperazine rings is 1. The summed E-state index contributed by atoms with van der Waals surface area (Å²) in [5.41, 5.74) is 1.12. The normalized spacial score (nSPS) is 14.4. The third-order valence-corrected chi connectivity index (χ3v) is 4.99. The monoisotopic (exact) mass is 380 g/mol. The van der Waals surface area contributed by atoms with Crippen LogP contribution in [0.15, 0.2) is 58.3 Å². The molecule has 28 heavy (non-hydrogen) atoms. The Kier molecular flexibility index (Phi) is 4.92. The number of amides is 2. The van der Waals surface area contributed by atoms with E-state index in [0.29, 0.717) is 43.7 Å². The van der Waals surface area contributed by atoms with Crippen molar-refractivity contribution in [3.63, 3.8) is 0 Å². The lowest BCUT2D eigenvalue weighted by Gasteiger charge is -2.34. The van der Waals surface area contributed by atoms with Crippen molar-refractivity contribution in [3.05, 3.63) is 64.8 Å². The lowest BCUT2D eigenvalue weighted by atomic mass is 10.2. The summed E-state index contributed by atoms with van der Waals surface area (Å²) < 4.78 is 6.65. The molecule has 0 saturated carbocycles. The average Bonchev–Trinajstić information content (AvgIpc) is 3.28. The molecular weight excluding hydrogens is 360 g/mol. The molecule has 1 saturated heterocycles. The third kappa shape index (κ3) is 3.53. The molecule has 0 N–H and O–H groups in total. The van der Waals surface area contributed by atoms with Crippen LogP contribution in [0.25, 0.3) is 10.9 Å². The van der Waals surface area contributed by atoms with Gasteiger partial charge in [0.15, 0.2) is 0 Å². The third-order valence-electron chi connectivity index (χ3n) is 4.99. The zero-order valence-electron chi connectivity index (χ0n) is 15.3. The van der Waals surface area contributed by atoms with Crippen molar-refractivity contribution in [1.29, 1.82) is 0 Å². The van der Waals surface area contributed by atoms with E-state index >= 15 is 0 Å². The number of fused-ring (bicyclic) bond motifs is 1. The number of nitrogens with zero attached hydrogens (tertiary/aromatic N) is 4. The minimum Gasteiger partial charge on any atom is -0.472 e. The maximum Gasteiger partial charge on any atom is 0.257 e. The van der Waals surface area contributed by atoms with Crippen LogP contribution in [0, 0.1) is 0 Å². The van der Waals surface area contributed by atoms with Crippen LogP contribution in [-0.4, -0.2) is 57.6 Å². The summed E-state index contributed by atoms with van der Waals surface area (Å²) in [7, 11) is 0. The van der Waals surface area contributed by atoms with E-state index in [4.69, 9.17) is 4.42 Å². The molecule has 3 aromatic rings. The Morgan fingerprint density at radius 3 is 2.54 bits per heavy atom. The van der Waals surface area contributed by atoms with Gasteiger partial charge in [-0.05, 0) is 18.2 Å². The van der Waals surface area contributed by atoms with Crippen molar-refractivity contribution in [2.45, 2.75) is 13.0 Å². The fraction of sp³-hybridized carbons (Fsp3) is 0.300. The topological polar surface area (TPSA) is 88.7 Å². The Morgan fingerprint density at radius 1 is 1.04 bits per heavy atom. The molecule has 1 aliphatic rings. The number of furan rings is 1. The number of aromatic nitrogens is 2. The first kappa shape index (κ1) is 18.0. The molecular formula is C20H20N4O4. The number of hydrogen-bond acceptors (Lipinski definition) is 5. The highest BCUT2D eigenvalue weighted by Crippen LogP contribution is 2.12. The van der Waals surface area contributed by atoms with Crippen LogP contribution in [0.2, 0.25) is 0 Å². The maximum atomic E-state index is 12.6. The summed E-state index contributed by atoms with van der Waals surface area (Å²) >= 11 is 0. The molecule has 1 aliphatic heterocycles. The molecule has 0 spiro atoms. The lowest BCUT2D eigenvalue weighted by molar-refractivity contribution is -0.132. The summed E-state index contributed by atoms with van der Waals surface area (Å²) in [4.78, 5) is 40.3. The van der Waals surface area contributed by atoms with E-state index in [-0.39, 0.29) is 23.7 Å². The van der Waals surface area contributed by atoms with Crippen molar-refractivity contribution < 1.29 is 14.0 Å². The number of para-hydroxylation sites is 1. The standard InChI is InChI=1S/C20H20N4O4/c25-18-13-21-24(17-4-2-1-3-16(17)18)7-5-19(26)22-8-10-23(11-9-22)20(27)15-6-12-28-14-15/h1-4,6,12-14H,5,7-11H2. The van der Waals surface area contributed by atoms with Crippen molar-refractivity contribution in [3.8, 4) is 0 Å². The number of aryl methyl sites for hydroxylation is 1. The quantitative estimate of drug-likeness (QED) is 0.682. The first-order valence-electron chi connectivity index (χ1n) is 9.17. The van der Waals surface area contributed by atoms with Crippen molar-refractivity contribution >= 4 is 22.7 Å². The van der Waals surface area contributed by atoms with Gasteiger partial charge in [0, 0.05) is 38.0 Å². The van der Waals surface area contributed by atoms with Gasteiger partial charge in [-0.1, -0.05) is 12.1 Å². The first-order chi connectivity index (χ1) is 13.6. The van der Waals surface area contributed by atoms with Gasteiger partial charge >= 0.3 is 0 Å². The Hall–Kier alpha value is -3.42. The van der Waals surface area contributed by atoms with Crippen LogP contribution in [0.1, 0.15) is 16.8 Å². The minimum atomic E-state index is -0.128. The summed E-state index contributed by atoms with van der Waals surface area (Å²) in [6.07, 6.45) is 4.48. The van der Waals surface area contributed by atoms with Gasteiger partial charge < -0.3 is 14.2 Å². The molecule has 0 atom stereocenters. The molecule has 0 unspecified atom stereocenters. The van der Waals surface area contributed by atoms with Crippen LogP contribution in [-0.2, 0) is 11.3 Å². The molecule has 2 aromatic heterocycles. The lowest BCUT2D eigenvalue weighted by Crippen LogP contribution is -2.50. The van der Waals surface area contributed by atoms with E-state index in [0.717, 1.165) is 5.52 Å². The van der Waals surface area contributed by atoms with Gasteiger partial charge in [-0.15, -0.1) is 0 Å². The minimum absolute atomic E-state index is 0.0139. The predicted molar refractivity (Wildman–Crippen MR) is 102 cm³/mol. The summed E-state index contributed by atoms with van der Waals surface area (Å²) in [5.74, 6) is -0.0650. The number of carbonyl (C=O) groups excluding carboxylic acids is 2. The van der Waals surface area contributed by atoms with Crippen LogP contribution < -0.4 is 5.43 Å². The zero-order valence-corrected chi connectivity index (χ0v) is 15.3. The van der Waals surface area contributed by atoms with E-state index < -0.39 is 0 Å². The second-order valence-corrected chi connectivity index (χ2v) is 6.68. The molecule has 0 bridgehead atoms. The highest BCUT2D eigenvalue weighted by molar-refractivity contribution is 5.94. The van der Waals surface area contributed by atoms with E-state index in [2.05, 4.69) is 5.10 Å². The van der Waals surface area contributed by atoms with Gasteiger partial charge in [-0.2, -0.15) is 5.10 Å². The first-order valence-corrected chi connectivity index (χ1v) is 9.17. The molecule has 0 aliphatic carbocycles. The average molecular weight is 380 g/mol. The van der Waals surface area contributed by atoms with Crippen LogP contribution >= 0.6 is 0 Å². The Bertz CT molecular complexity index is 1050. The summed E-state index contributed by atoms with van der Waals surface area (Å²) in [5, 5.41) is 4.75. The number of hydrogen-bond donors (Lipinski definition) is 0. The Morgan fingerprint density at radius 2 is 1.79 bits per heavy atom. The Labute approximate surface area is 161 Å². The Balaban J connectivity index is 1.35. The van der Waals surface area contributed by atoms with Gasteiger partial charge in [0.2, 0.25) is 11.3 Å². The van der Waals surface area contributed by atoms with Crippen LogP contribution in [0.3, 0.4) is 0 Å². The molecule has 8 heteroatoms. The molecule has 1 aromatic carbocycles. The molecule has 1 fully saturated rings. The fourth-order valence-electron chi connectivity index (χ4n) is 3.43.